The van der Waals surface area contributed by atoms with Gasteiger partial charge in [-0.2, -0.15) is 0 Å². The first-order valence-corrected chi connectivity index (χ1v) is 9.31. The summed E-state index contributed by atoms with van der Waals surface area (Å²) in [7, 11) is -1.99. The second kappa shape index (κ2) is 5.75. The van der Waals surface area contributed by atoms with Gasteiger partial charge in [-0.25, -0.2) is 0 Å². The molecule has 0 aromatic heterocycles. The second-order valence-electron chi connectivity index (χ2n) is 6.51. The van der Waals surface area contributed by atoms with Crippen LogP contribution in [-0.4, -0.2) is 36.8 Å². The summed E-state index contributed by atoms with van der Waals surface area (Å²) in [5, 5.41) is 19.7. The smallest absolute Gasteiger partial charge is 0.192 e. The molecule has 106 valence electrons. The van der Waals surface area contributed by atoms with E-state index in [1.165, 1.54) is 6.92 Å². The molecular formula is C14H28O3Si. The molecule has 0 spiro atoms. The SMILES string of the molecule is C#C[C@@](C)(O)[C@@H](O)CO[Si](C)(C)C(C)(C)C(C)C. The van der Waals surface area contributed by atoms with Crippen LogP contribution in [-0.2, 0) is 4.43 Å². The molecule has 0 saturated carbocycles. The predicted molar refractivity (Wildman–Crippen MR) is 77.8 cm³/mol. The van der Waals surface area contributed by atoms with Crippen LogP contribution in [0, 0.1) is 18.3 Å². The van der Waals surface area contributed by atoms with Gasteiger partial charge < -0.3 is 14.6 Å². The third kappa shape index (κ3) is 3.82. The maximum Gasteiger partial charge on any atom is 0.192 e. The Morgan fingerprint density at radius 2 is 1.72 bits per heavy atom. The van der Waals surface area contributed by atoms with Gasteiger partial charge in [-0.05, 0) is 31.0 Å². The molecule has 0 bridgehead atoms. The van der Waals surface area contributed by atoms with E-state index in [2.05, 4.69) is 46.7 Å². The monoisotopic (exact) mass is 272 g/mol. The van der Waals surface area contributed by atoms with Crippen molar-refractivity contribution in [1.29, 1.82) is 0 Å². The summed E-state index contributed by atoms with van der Waals surface area (Å²) in [6.07, 6.45) is 4.12. The highest BCUT2D eigenvalue weighted by Gasteiger charge is 2.44. The van der Waals surface area contributed by atoms with E-state index < -0.39 is 20.0 Å². The van der Waals surface area contributed by atoms with Gasteiger partial charge in [-0.15, -0.1) is 6.42 Å². The summed E-state index contributed by atoms with van der Waals surface area (Å²) < 4.78 is 5.94. The molecule has 0 aliphatic heterocycles. The molecule has 0 aliphatic rings. The molecule has 2 N–H and O–H groups in total. The molecule has 0 aromatic rings. The van der Waals surface area contributed by atoms with Gasteiger partial charge in [0.2, 0.25) is 0 Å². The van der Waals surface area contributed by atoms with Crippen LogP contribution in [0.4, 0.5) is 0 Å². The lowest BCUT2D eigenvalue weighted by Gasteiger charge is -2.43. The summed E-state index contributed by atoms with van der Waals surface area (Å²) in [4.78, 5) is 0. The molecule has 0 amide bonds. The van der Waals surface area contributed by atoms with Crippen LogP contribution in [0.5, 0.6) is 0 Å². The summed E-state index contributed by atoms with van der Waals surface area (Å²) >= 11 is 0. The van der Waals surface area contributed by atoms with Crippen molar-refractivity contribution in [2.24, 2.45) is 5.92 Å². The molecule has 0 aromatic carbocycles. The minimum absolute atomic E-state index is 0.0760. The summed E-state index contributed by atoms with van der Waals surface area (Å²) in [5.74, 6) is 2.67. The summed E-state index contributed by atoms with van der Waals surface area (Å²) in [5.41, 5.74) is -1.54. The number of hydrogen-bond acceptors (Lipinski definition) is 3. The molecule has 0 heterocycles. The van der Waals surface area contributed by atoms with Crippen molar-refractivity contribution in [3.63, 3.8) is 0 Å². The standard InChI is InChI=1S/C14H28O3Si/c1-9-14(6,16)12(15)10-17-18(7,8)13(4,5)11(2)3/h1,11-12,15-16H,10H2,2-8H3/t12-,14+/m0/s1. The van der Waals surface area contributed by atoms with Gasteiger partial charge in [0.05, 0.1) is 6.61 Å². The van der Waals surface area contributed by atoms with E-state index in [0.29, 0.717) is 5.92 Å². The largest absolute Gasteiger partial charge is 0.414 e. The summed E-state index contributed by atoms with van der Waals surface area (Å²) in [6.45, 7) is 14.5. The average molecular weight is 272 g/mol. The van der Waals surface area contributed by atoms with Crippen molar-refractivity contribution in [1.82, 2.24) is 0 Å². The average Bonchev–Trinajstić information content (AvgIpc) is 2.25. The maximum absolute atomic E-state index is 9.85. The molecule has 0 unspecified atom stereocenters. The van der Waals surface area contributed by atoms with Crippen molar-refractivity contribution < 1.29 is 14.6 Å². The predicted octanol–water partition coefficient (Wildman–Crippen LogP) is 2.39. The van der Waals surface area contributed by atoms with Crippen LogP contribution in [0.1, 0.15) is 34.6 Å². The zero-order valence-electron chi connectivity index (χ0n) is 12.7. The van der Waals surface area contributed by atoms with Crippen molar-refractivity contribution >= 4 is 8.32 Å². The van der Waals surface area contributed by atoms with Crippen LogP contribution in [0.2, 0.25) is 18.1 Å². The molecule has 0 aliphatic carbocycles. The second-order valence-corrected chi connectivity index (χ2v) is 11.1. The van der Waals surface area contributed by atoms with Gasteiger partial charge in [0, 0.05) is 0 Å². The fourth-order valence-corrected chi connectivity index (χ4v) is 3.76. The fourth-order valence-electron chi connectivity index (χ4n) is 1.43. The first-order chi connectivity index (χ1) is 7.88. The zero-order chi connectivity index (χ0) is 14.8. The lowest BCUT2D eigenvalue weighted by molar-refractivity contribution is -0.0435. The van der Waals surface area contributed by atoms with E-state index in [9.17, 15) is 10.2 Å². The van der Waals surface area contributed by atoms with Crippen LogP contribution >= 0.6 is 0 Å². The molecule has 4 heteroatoms. The molecule has 3 nitrogen and oxygen atoms in total. The Balaban J connectivity index is 4.69. The fraction of sp³-hybridized carbons (Fsp3) is 0.857. The van der Waals surface area contributed by atoms with Crippen LogP contribution in [0.25, 0.3) is 0 Å². The third-order valence-corrected chi connectivity index (χ3v) is 9.11. The summed E-state index contributed by atoms with van der Waals surface area (Å²) in [6, 6.07) is 0. The Kier molecular flexibility index (Phi) is 5.64. The lowest BCUT2D eigenvalue weighted by atomic mass is 9.99. The van der Waals surface area contributed by atoms with Gasteiger partial charge in [-0.3, -0.25) is 0 Å². The van der Waals surface area contributed by atoms with Gasteiger partial charge >= 0.3 is 0 Å². The van der Waals surface area contributed by atoms with E-state index in [1.54, 1.807) is 0 Å². The minimum atomic E-state index is -1.99. The van der Waals surface area contributed by atoms with Crippen LogP contribution in [0.15, 0.2) is 0 Å². The Morgan fingerprint density at radius 1 is 1.28 bits per heavy atom. The molecule has 0 radical (unpaired) electrons. The Morgan fingerprint density at radius 3 is 2.06 bits per heavy atom. The van der Waals surface area contributed by atoms with Gasteiger partial charge in [0.15, 0.2) is 8.32 Å². The highest BCUT2D eigenvalue weighted by atomic mass is 28.4. The first kappa shape index (κ1) is 17.7. The molecular weight excluding hydrogens is 244 g/mol. The van der Waals surface area contributed by atoms with Crippen molar-refractivity contribution in [3.05, 3.63) is 0 Å². The number of terminal acetylenes is 1. The quantitative estimate of drug-likeness (QED) is 0.576. The van der Waals surface area contributed by atoms with Crippen molar-refractivity contribution in [2.45, 2.75) is 64.5 Å². The molecule has 18 heavy (non-hydrogen) atoms. The number of aliphatic hydroxyl groups excluding tert-OH is 1. The highest BCUT2D eigenvalue weighted by Crippen LogP contribution is 2.44. The third-order valence-electron chi connectivity index (χ3n) is 4.54. The van der Waals surface area contributed by atoms with E-state index in [1.807, 2.05) is 0 Å². The van der Waals surface area contributed by atoms with Gasteiger partial charge in [0.25, 0.3) is 0 Å². The number of hydrogen-bond donors (Lipinski definition) is 2. The van der Waals surface area contributed by atoms with E-state index in [4.69, 9.17) is 10.8 Å². The van der Waals surface area contributed by atoms with Crippen LogP contribution < -0.4 is 0 Å². The molecule has 0 rings (SSSR count). The van der Waals surface area contributed by atoms with E-state index in [0.717, 1.165) is 0 Å². The maximum atomic E-state index is 9.85. The number of rotatable bonds is 6. The number of aliphatic hydroxyl groups is 2. The highest BCUT2D eigenvalue weighted by molar-refractivity contribution is 6.74. The van der Waals surface area contributed by atoms with Crippen molar-refractivity contribution in [2.75, 3.05) is 6.61 Å². The Hall–Kier alpha value is -0.343. The first-order valence-electron chi connectivity index (χ1n) is 6.40. The van der Waals surface area contributed by atoms with Crippen LogP contribution in [0.3, 0.4) is 0 Å². The van der Waals surface area contributed by atoms with Crippen molar-refractivity contribution in [3.8, 4) is 12.3 Å². The van der Waals surface area contributed by atoms with Gasteiger partial charge in [-0.1, -0.05) is 33.6 Å². The normalized spacial score (nSPS) is 18.3. The minimum Gasteiger partial charge on any atom is -0.414 e. The molecule has 0 saturated heterocycles. The van der Waals surface area contributed by atoms with Gasteiger partial charge in [0.1, 0.15) is 11.7 Å². The van der Waals surface area contributed by atoms with E-state index >= 15 is 0 Å². The lowest BCUT2D eigenvalue weighted by Crippen LogP contribution is -2.49. The van der Waals surface area contributed by atoms with E-state index in [-0.39, 0.29) is 11.6 Å². The Bertz CT molecular complexity index is 313. The zero-order valence-corrected chi connectivity index (χ0v) is 13.7. The molecule has 0 fully saturated rings. The topological polar surface area (TPSA) is 49.7 Å². The molecule has 2 atom stereocenters. The Labute approximate surface area is 113 Å².